The number of aliphatic hydroxyl groups is 1. The second-order valence-electron chi connectivity index (χ2n) is 4.52. The Labute approximate surface area is 87.6 Å². The molecule has 3 N–H and O–H groups in total. The predicted octanol–water partition coefficient (Wildman–Crippen LogP) is 1.68. The van der Waals surface area contributed by atoms with Gasteiger partial charge in [0.05, 0.1) is 12.2 Å². The lowest BCUT2D eigenvalue weighted by Gasteiger charge is -2.18. The summed E-state index contributed by atoms with van der Waals surface area (Å²) in [4.78, 5) is 0. The van der Waals surface area contributed by atoms with Crippen LogP contribution in [0.15, 0.2) is 0 Å². The molecule has 1 aliphatic rings. The Hall–Kier alpha value is -0.120. The molecule has 1 aliphatic carbocycles. The van der Waals surface area contributed by atoms with Gasteiger partial charge in [0.1, 0.15) is 0 Å². The predicted molar refractivity (Wildman–Crippen MR) is 59.2 cm³/mol. The minimum Gasteiger partial charge on any atom is -0.393 e. The Morgan fingerprint density at radius 1 is 1.29 bits per heavy atom. The molecule has 0 radical (unpaired) electrons. The maximum atomic E-state index is 8.47. The van der Waals surface area contributed by atoms with Crippen molar-refractivity contribution in [3.8, 4) is 0 Å². The molecule has 0 atom stereocenters. The van der Waals surface area contributed by atoms with Crippen molar-refractivity contribution < 1.29 is 9.84 Å². The highest BCUT2D eigenvalue weighted by atomic mass is 16.5. The Kier molecular flexibility index (Phi) is 7.15. The lowest BCUT2D eigenvalue weighted by molar-refractivity contribution is -0.0226. The summed E-state index contributed by atoms with van der Waals surface area (Å²) in [6.45, 7) is 3.73. The molecule has 0 aromatic heterocycles. The molecule has 0 heterocycles. The first-order chi connectivity index (χ1) is 6.52. The standard InChI is InChI=1S/C6H13N.C5H12O2/c7-6-4-2-1-3-5-6;1-5(2,4-6)7-3/h6H,1-5,7H2;6H,4H2,1-3H3. The largest absolute Gasteiger partial charge is 0.393 e. The van der Waals surface area contributed by atoms with E-state index >= 15 is 0 Å². The highest BCUT2D eigenvalue weighted by Crippen LogP contribution is 2.14. The molecule has 0 spiro atoms. The van der Waals surface area contributed by atoms with E-state index in [0.29, 0.717) is 6.04 Å². The van der Waals surface area contributed by atoms with Gasteiger partial charge in [0.25, 0.3) is 0 Å². The number of nitrogens with two attached hydrogens (primary N) is 1. The molecule has 0 aliphatic heterocycles. The minimum absolute atomic E-state index is 0.0729. The second kappa shape index (κ2) is 7.21. The summed E-state index contributed by atoms with van der Waals surface area (Å²) in [7, 11) is 1.58. The van der Waals surface area contributed by atoms with E-state index in [0.717, 1.165) is 0 Å². The van der Waals surface area contributed by atoms with Gasteiger partial charge in [0.15, 0.2) is 0 Å². The van der Waals surface area contributed by atoms with Crippen molar-refractivity contribution in [1.82, 2.24) is 0 Å². The van der Waals surface area contributed by atoms with Gasteiger partial charge in [-0.3, -0.25) is 0 Å². The average Bonchev–Trinajstić information content (AvgIpc) is 2.20. The molecule has 0 saturated heterocycles. The Morgan fingerprint density at radius 3 is 1.93 bits per heavy atom. The Balaban J connectivity index is 0.000000241. The third kappa shape index (κ3) is 7.30. The van der Waals surface area contributed by atoms with Gasteiger partial charge in [0, 0.05) is 13.2 Å². The van der Waals surface area contributed by atoms with E-state index in [4.69, 9.17) is 15.6 Å². The van der Waals surface area contributed by atoms with Crippen LogP contribution in [0.1, 0.15) is 46.0 Å². The van der Waals surface area contributed by atoms with Gasteiger partial charge < -0.3 is 15.6 Å². The molecule has 1 saturated carbocycles. The maximum absolute atomic E-state index is 8.47. The molecule has 0 amide bonds. The van der Waals surface area contributed by atoms with Gasteiger partial charge in [-0.1, -0.05) is 19.3 Å². The molecule has 0 aromatic carbocycles. The van der Waals surface area contributed by atoms with Crippen molar-refractivity contribution in [2.24, 2.45) is 5.73 Å². The summed E-state index contributed by atoms with van der Waals surface area (Å²) in [5.41, 5.74) is 5.27. The van der Waals surface area contributed by atoms with Gasteiger partial charge in [-0.05, 0) is 26.7 Å². The summed E-state index contributed by atoms with van der Waals surface area (Å²) < 4.78 is 4.84. The van der Waals surface area contributed by atoms with Crippen LogP contribution in [0.3, 0.4) is 0 Å². The second-order valence-corrected chi connectivity index (χ2v) is 4.52. The number of hydrogen-bond donors (Lipinski definition) is 2. The van der Waals surface area contributed by atoms with Gasteiger partial charge in [-0.2, -0.15) is 0 Å². The van der Waals surface area contributed by atoms with Crippen LogP contribution in [0.4, 0.5) is 0 Å². The molecule has 1 fully saturated rings. The molecular formula is C11H25NO2. The van der Waals surface area contributed by atoms with Crippen LogP contribution in [0.25, 0.3) is 0 Å². The lowest BCUT2D eigenvalue weighted by Crippen LogP contribution is -2.26. The van der Waals surface area contributed by atoms with Crippen LogP contribution >= 0.6 is 0 Å². The van der Waals surface area contributed by atoms with Crippen molar-refractivity contribution in [2.45, 2.75) is 57.6 Å². The third-order valence-corrected chi connectivity index (χ3v) is 2.58. The van der Waals surface area contributed by atoms with E-state index in [1.165, 1.54) is 32.1 Å². The fraction of sp³-hybridized carbons (Fsp3) is 1.00. The minimum atomic E-state index is -0.361. The van der Waals surface area contributed by atoms with Crippen LogP contribution < -0.4 is 5.73 Å². The molecule has 1 rings (SSSR count). The highest BCUT2D eigenvalue weighted by molar-refractivity contribution is 4.66. The van der Waals surface area contributed by atoms with E-state index in [-0.39, 0.29) is 12.2 Å². The molecule has 14 heavy (non-hydrogen) atoms. The number of rotatable bonds is 2. The summed E-state index contributed by atoms with van der Waals surface area (Å²) >= 11 is 0. The lowest BCUT2D eigenvalue weighted by atomic mass is 9.97. The summed E-state index contributed by atoms with van der Waals surface area (Å²) in [5, 5.41) is 8.47. The van der Waals surface area contributed by atoms with E-state index in [9.17, 15) is 0 Å². The smallest absolute Gasteiger partial charge is 0.0852 e. The van der Waals surface area contributed by atoms with Gasteiger partial charge in [-0.25, -0.2) is 0 Å². The summed E-state index contributed by atoms with van der Waals surface area (Å²) in [6.07, 6.45) is 6.66. The molecule has 0 aromatic rings. The van der Waals surface area contributed by atoms with Crippen molar-refractivity contribution >= 4 is 0 Å². The van der Waals surface area contributed by atoms with Crippen LogP contribution in [-0.2, 0) is 4.74 Å². The van der Waals surface area contributed by atoms with Gasteiger partial charge >= 0.3 is 0 Å². The van der Waals surface area contributed by atoms with Crippen molar-refractivity contribution in [3.05, 3.63) is 0 Å². The van der Waals surface area contributed by atoms with Gasteiger partial charge in [-0.15, -0.1) is 0 Å². The van der Waals surface area contributed by atoms with Crippen molar-refractivity contribution in [1.29, 1.82) is 0 Å². The Bertz CT molecular complexity index is 125. The highest BCUT2D eigenvalue weighted by Gasteiger charge is 2.12. The quantitative estimate of drug-likeness (QED) is 0.718. The number of aliphatic hydroxyl groups excluding tert-OH is 1. The van der Waals surface area contributed by atoms with Crippen LogP contribution in [0.2, 0.25) is 0 Å². The van der Waals surface area contributed by atoms with E-state index in [2.05, 4.69) is 0 Å². The van der Waals surface area contributed by atoms with E-state index in [1.54, 1.807) is 7.11 Å². The van der Waals surface area contributed by atoms with E-state index in [1.807, 2.05) is 13.8 Å². The normalized spacial score (nSPS) is 18.6. The Morgan fingerprint density at radius 2 is 1.79 bits per heavy atom. The summed E-state index contributed by atoms with van der Waals surface area (Å²) in [5.74, 6) is 0. The van der Waals surface area contributed by atoms with Gasteiger partial charge in [0.2, 0.25) is 0 Å². The molecule has 3 nitrogen and oxygen atoms in total. The maximum Gasteiger partial charge on any atom is 0.0852 e. The summed E-state index contributed by atoms with van der Waals surface area (Å²) in [6, 6.07) is 0.536. The topological polar surface area (TPSA) is 55.5 Å². The fourth-order valence-corrected chi connectivity index (χ4v) is 1.20. The first kappa shape index (κ1) is 13.9. The molecular weight excluding hydrogens is 178 g/mol. The zero-order chi connectivity index (χ0) is 11.0. The van der Waals surface area contributed by atoms with Crippen LogP contribution in [-0.4, -0.2) is 30.5 Å². The molecule has 0 bridgehead atoms. The number of ether oxygens (including phenoxy) is 1. The molecule has 86 valence electrons. The third-order valence-electron chi connectivity index (χ3n) is 2.58. The fourth-order valence-electron chi connectivity index (χ4n) is 1.20. The van der Waals surface area contributed by atoms with E-state index < -0.39 is 0 Å². The monoisotopic (exact) mass is 203 g/mol. The molecule has 3 heteroatoms. The van der Waals surface area contributed by atoms with Crippen LogP contribution in [0.5, 0.6) is 0 Å². The number of hydrogen-bond acceptors (Lipinski definition) is 3. The van der Waals surface area contributed by atoms with Crippen molar-refractivity contribution in [3.63, 3.8) is 0 Å². The number of methoxy groups -OCH3 is 1. The zero-order valence-corrected chi connectivity index (χ0v) is 9.75. The first-order valence-electron chi connectivity index (χ1n) is 5.43. The van der Waals surface area contributed by atoms with Crippen LogP contribution in [0, 0.1) is 0 Å². The molecule has 0 unspecified atom stereocenters. The SMILES string of the molecule is COC(C)(C)CO.NC1CCCCC1. The average molecular weight is 203 g/mol. The first-order valence-corrected chi connectivity index (χ1v) is 5.43. The van der Waals surface area contributed by atoms with Crippen molar-refractivity contribution in [2.75, 3.05) is 13.7 Å². The zero-order valence-electron chi connectivity index (χ0n) is 9.75.